The van der Waals surface area contributed by atoms with E-state index in [9.17, 15) is 14.4 Å². The summed E-state index contributed by atoms with van der Waals surface area (Å²) in [7, 11) is 0. The molecule has 0 amide bonds. The molecule has 0 aromatic carbocycles. The van der Waals surface area contributed by atoms with Crippen molar-refractivity contribution in [1.82, 2.24) is 0 Å². The van der Waals surface area contributed by atoms with Crippen molar-refractivity contribution in [3.05, 3.63) is 109 Å². The second-order valence-electron chi connectivity index (χ2n) is 22.3. The molecule has 0 heterocycles. The van der Waals surface area contributed by atoms with Gasteiger partial charge in [-0.2, -0.15) is 0 Å². The largest absolute Gasteiger partial charge is 0.462 e. The zero-order chi connectivity index (χ0) is 57.8. The minimum Gasteiger partial charge on any atom is -0.462 e. The van der Waals surface area contributed by atoms with Crippen LogP contribution in [0.3, 0.4) is 0 Å². The van der Waals surface area contributed by atoms with Gasteiger partial charge in [0.15, 0.2) is 6.10 Å². The Hall–Kier alpha value is -3.93. The van der Waals surface area contributed by atoms with Crippen LogP contribution in [-0.2, 0) is 28.6 Å². The number of rotatable bonds is 61. The van der Waals surface area contributed by atoms with E-state index in [1.807, 2.05) is 0 Å². The predicted molar refractivity (Wildman–Crippen MR) is 348 cm³/mol. The van der Waals surface area contributed by atoms with E-state index in [-0.39, 0.29) is 31.1 Å². The third-order valence-electron chi connectivity index (χ3n) is 14.5. The van der Waals surface area contributed by atoms with Crippen LogP contribution in [-0.4, -0.2) is 37.2 Å². The summed E-state index contributed by atoms with van der Waals surface area (Å²) in [6.45, 7) is 6.42. The zero-order valence-corrected chi connectivity index (χ0v) is 52.6. The molecule has 0 aromatic heterocycles. The SMILES string of the molecule is CC/C=C\C/C=C\C/C=C\C/C=C\C/C=C\CCCCCC(=O)OC(COC(=O)CCCCCCCCCCCCCCCC)COC(=O)CCCCCCCCCCCCCCCCCC/C=C\C/C=C\C/C=C\C/C=C\CC. The van der Waals surface area contributed by atoms with E-state index in [1.165, 1.54) is 161 Å². The van der Waals surface area contributed by atoms with Crippen LogP contribution in [0.5, 0.6) is 0 Å². The normalized spacial score (nSPS) is 12.8. The number of ether oxygens (including phenoxy) is 3. The minimum absolute atomic E-state index is 0.0882. The van der Waals surface area contributed by atoms with Crippen molar-refractivity contribution in [2.24, 2.45) is 0 Å². The van der Waals surface area contributed by atoms with Gasteiger partial charge >= 0.3 is 17.9 Å². The highest BCUT2D eigenvalue weighted by Gasteiger charge is 2.19. The number of hydrogen-bond donors (Lipinski definition) is 0. The quantitative estimate of drug-likeness (QED) is 0.0261. The van der Waals surface area contributed by atoms with Crippen LogP contribution in [0, 0.1) is 0 Å². The standard InChI is InChI=1S/C74H126O6/c1-4-7-10-13-16-19-22-25-28-30-32-33-34-35-36-37-38-39-40-41-43-44-46-49-52-55-58-61-64-67-73(76)79-70-71(69-78-72(75)66-63-60-57-54-51-48-27-24-21-18-15-12-9-6-3)80-74(77)68-65-62-59-56-53-50-47-45-42-31-29-26-23-20-17-14-11-8-5-2/h7-8,10-11,16-17,19-20,25-26,28-29,32-33,42,45,50,53,71H,4-6,9,12-15,18,21-24,27,30-31,34-41,43-44,46-49,51-52,54-70H2,1-3H3/b10-7-,11-8-,19-16-,20-17-,28-25-,29-26-,33-32-,45-42-,53-50-. The van der Waals surface area contributed by atoms with E-state index >= 15 is 0 Å². The molecule has 6 nitrogen and oxygen atoms in total. The summed E-state index contributed by atoms with van der Waals surface area (Å²) in [5.74, 6) is -0.907. The predicted octanol–water partition coefficient (Wildman–Crippen LogP) is 23.4. The molecule has 0 spiro atoms. The first-order valence-corrected chi connectivity index (χ1v) is 33.9. The highest BCUT2D eigenvalue weighted by molar-refractivity contribution is 5.71. The fourth-order valence-electron chi connectivity index (χ4n) is 9.52. The van der Waals surface area contributed by atoms with E-state index < -0.39 is 6.10 Å². The maximum Gasteiger partial charge on any atom is 0.306 e. The maximum absolute atomic E-state index is 12.9. The molecule has 80 heavy (non-hydrogen) atoms. The molecule has 0 fully saturated rings. The first-order valence-electron chi connectivity index (χ1n) is 33.9. The molecule has 0 aliphatic rings. The molecule has 0 saturated carbocycles. The van der Waals surface area contributed by atoms with Crippen molar-refractivity contribution in [3.63, 3.8) is 0 Å². The van der Waals surface area contributed by atoms with Crippen LogP contribution >= 0.6 is 0 Å². The number of allylic oxidation sites excluding steroid dienone is 18. The molecular weight excluding hydrogens is 985 g/mol. The van der Waals surface area contributed by atoms with E-state index in [1.54, 1.807) is 0 Å². The van der Waals surface area contributed by atoms with Gasteiger partial charge in [-0.1, -0.05) is 310 Å². The van der Waals surface area contributed by atoms with Gasteiger partial charge in [-0.05, 0) is 103 Å². The van der Waals surface area contributed by atoms with Gasteiger partial charge in [-0.3, -0.25) is 14.4 Å². The van der Waals surface area contributed by atoms with Gasteiger partial charge in [0.25, 0.3) is 0 Å². The number of hydrogen-bond acceptors (Lipinski definition) is 6. The van der Waals surface area contributed by atoms with Gasteiger partial charge in [0.05, 0.1) is 0 Å². The first-order chi connectivity index (χ1) is 39.5. The molecule has 0 aromatic rings. The lowest BCUT2D eigenvalue weighted by Crippen LogP contribution is -2.30. The van der Waals surface area contributed by atoms with Crippen molar-refractivity contribution in [2.45, 2.75) is 329 Å². The summed E-state index contributed by atoms with van der Waals surface area (Å²) in [6, 6.07) is 0. The summed E-state index contributed by atoms with van der Waals surface area (Å²) in [5.41, 5.74) is 0. The van der Waals surface area contributed by atoms with Gasteiger partial charge in [0.1, 0.15) is 13.2 Å². The van der Waals surface area contributed by atoms with Gasteiger partial charge in [-0.25, -0.2) is 0 Å². The molecule has 1 unspecified atom stereocenters. The Bertz CT molecular complexity index is 1610. The van der Waals surface area contributed by atoms with Gasteiger partial charge < -0.3 is 14.2 Å². The van der Waals surface area contributed by atoms with Crippen LogP contribution < -0.4 is 0 Å². The molecule has 0 radical (unpaired) electrons. The summed E-state index contributed by atoms with van der Waals surface area (Å²) >= 11 is 0. The first kappa shape index (κ1) is 76.1. The molecular formula is C74H126O6. The fourth-order valence-corrected chi connectivity index (χ4v) is 9.52. The second-order valence-corrected chi connectivity index (χ2v) is 22.3. The molecule has 0 aliphatic heterocycles. The Kier molecular flexibility index (Phi) is 64.3. The van der Waals surface area contributed by atoms with Crippen molar-refractivity contribution in [3.8, 4) is 0 Å². The Morgan fingerprint density at radius 2 is 0.487 bits per heavy atom. The highest BCUT2D eigenvalue weighted by Crippen LogP contribution is 2.17. The third kappa shape index (κ3) is 64.9. The van der Waals surface area contributed by atoms with Crippen LogP contribution in [0.25, 0.3) is 0 Å². The number of unbranched alkanes of at least 4 members (excludes halogenated alkanes) is 32. The number of carbonyl (C=O) groups excluding carboxylic acids is 3. The molecule has 0 bridgehead atoms. The molecule has 6 heteroatoms. The Morgan fingerprint density at radius 3 is 0.775 bits per heavy atom. The molecule has 1 atom stereocenters. The van der Waals surface area contributed by atoms with E-state index in [0.29, 0.717) is 19.3 Å². The number of carbonyl (C=O) groups is 3. The molecule has 458 valence electrons. The van der Waals surface area contributed by atoms with Crippen LogP contribution in [0.2, 0.25) is 0 Å². The average molecular weight is 1110 g/mol. The lowest BCUT2D eigenvalue weighted by Gasteiger charge is -2.18. The molecule has 0 rings (SSSR count). The third-order valence-corrected chi connectivity index (χ3v) is 14.5. The summed E-state index contributed by atoms with van der Waals surface area (Å²) < 4.78 is 16.9. The fraction of sp³-hybridized carbons (Fsp3) is 0.716. The Balaban J connectivity index is 4.30. The van der Waals surface area contributed by atoms with E-state index in [0.717, 1.165) is 122 Å². The lowest BCUT2D eigenvalue weighted by atomic mass is 10.0. The highest BCUT2D eigenvalue weighted by atomic mass is 16.6. The van der Waals surface area contributed by atoms with Gasteiger partial charge in [0, 0.05) is 19.3 Å². The summed E-state index contributed by atoms with van der Waals surface area (Å²) in [5, 5.41) is 0. The summed E-state index contributed by atoms with van der Waals surface area (Å²) in [6.07, 6.45) is 92.5. The van der Waals surface area contributed by atoms with Crippen LogP contribution in [0.4, 0.5) is 0 Å². The smallest absolute Gasteiger partial charge is 0.306 e. The Labute approximate surface area is 495 Å². The second kappa shape index (κ2) is 67.6. The van der Waals surface area contributed by atoms with Crippen LogP contribution in [0.15, 0.2) is 109 Å². The van der Waals surface area contributed by atoms with E-state index in [4.69, 9.17) is 14.2 Å². The maximum atomic E-state index is 12.9. The van der Waals surface area contributed by atoms with Crippen molar-refractivity contribution in [1.29, 1.82) is 0 Å². The topological polar surface area (TPSA) is 78.9 Å². The molecule has 0 aliphatic carbocycles. The van der Waals surface area contributed by atoms with Crippen molar-refractivity contribution < 1.29 is 28.6 Å². The lowest BCUT2D eigenvalue weighted by molar-refractivity contribution is -0.167. The van der Waals surface area contributed by atoms with Crippen molar-refractivity contribution >= 4 is 17.9 Å². The summed E-state index contributed by atoms with van der Waals surface area (Å²) in [4.78, 5) is 38.4. The molecule has 0 N–H and O–H groups in total. The van der Waals surface area contributed by atoms with Crippen LogP contribution in [0.1, 0.15) is 323 Å². The minimum atomic E-state index is -0.796. The van der Waals surface area contributed by atoms with Gasteiger partial charge in [-0.15, -0.1) is 0 Å². The molecule has 0 saturated heterocycles. The Morgan fingerprint density at radius 1 is 0.263 bits per heavy atom. The average Bonchev–Trinajstić information content (AvgIpc) is 3.46. The number of esters is 3. The van der Waals surface area contributed by atoms with E-state index in [2.05, 4.69) is 130 Å². The van der Waals surface area contributed by atoms with Crippen molar-refractivity contribution in [2.75, 3.05) is 13.2 Å². The monoisotopic (exact) mass is 1110 g/mol. The van der Waals surface area contributed by atoms with Gasteiger partial charge in [0.2, 0.25) is 0 Å². The zero-order valence-electron chi connectivity index (χ0n) is 52.6.